The average Bonchev–Trinajstić information content (AvgIpc) is 2.78. The van der Waals surface area contributed by atoms with Crippen molar-refractivity contribution in [3.63, 3.8) is 0 Å². The van der Waals surface area contributed by atoms with Crippen LogP contribution in [0.15, 0.2) is 72.8 Å². The van der Waals surface area contributed by atoms with Crippen LogP contribution in [0.3, 0.4) is 0 Å². The summed E-state index contributed by atoms with van der Waals surface area (Å²) in [7, 11) is 2.96. The molecule has 154 valence electrons. The molecule has 0 fully saturated rings. The average molecular weight is 407 g/mol. The number of carbonyl (C=O) groups excluding carboxylic acids is 2. The Morgan fingerprint density at radius 3 is 2.27 bits per heavy atom. The molecule has 30 heavy (non-hydrogen) atoms. The Morgan fingerprint density at radius 1 is 0.867 bits per heavy atom. The number of aromatic hydroxyl groups is 1. The predicted octanol–water partition coefficient (Wildman–Crippen LogP) is 3.95. The molecule has 0 aliphatic rings. The van der Waals surface area contributed by atoms with Crippen LogP contribution in [0, 0.1) is 0 Å². The fourth-order valence-electron chi connectivity index (χ4n) is 2.79. The molecule has 0 saturated heterocycles. The zero-order valence-corrected chi connectivity index (χ0v) is 16.5. The van der Waals surface area contributed by atoms with Crippen LogP contribution in [-0.4, -0.2) is 31.2 Å². The van der Waals surface area contributed by atoms with Gasteiger partial charge in [-0.2, -0.15) is 0 Å². The number of hydrogen-bond acceptors (Lipinski definition) is 6. The summed E-state index contributed by atoms with van der Waals surface area (Å²) in [6.07, 6.45) is -1.24. The van der Waals surface area contributed by atoms with Gasteiger partial charge < -0.3 is 24.6 Å². The Kier molecular flexibility index (Phi) is 6.54. The van der Waals surface area contributed by atoms with Gasteiger partial charge >= 0.3 is 5.97 Å². The SMILES string of the molecule is COc1cccc(NC(=O)[C@H](OC(=O)c2cc(OC)ccc2O)c2ccccc2)c1. The number of phenolic OH excluding ortho intramolecular Hbond substituents is 1. The number of hydrogen-bond donors (Lipinski definition) is 2. The van der Waals surface area contributed by atoms with Gasteiger partial charge in [0.05, 0.1) is 14.2 Å². The number of anilines is 1. The zero-order chi connectivity index (χ0) is 21.5. The van der Waals surface area contributed by atoms with Gasteiger partial charge in [0.25, 0.3) is 5.91 Å². The summed E-state index contributed by atoms with van der Waals surface area (Å²) in [5, 5.41) is 12.8. The van der Waals surface area contributed by atoms with E-state index in [1.807, 2.05) is 0 Å². The Hall–Kier alpha value is -4.00. The number of carbonyl (C=O) groups is 2. The van der Waals surface area contributed by atoms with Gasteiger partial charge in [0, 0.05) is 17.3 Å². The first-order valence-corrected chi connectivity index (χ1v) is 9.09. The Labute approximate surface area is 173 Å². The van der Waals surface area contributed by atoms with Crippen LogP contribution in [0.2, 0.25) is 0 Å². The second kappa shape index (κ2) is 9.47. The smallest absolute Gasteiger partial charge is 0.343 e. The van der Waals surface area contributed by atoms with Crippen LogP contribution in [0.5, 0.6) is 17.2 Å². The summed E-state index contributed by atoms with van der Waals surface area (Å²) in [6, 6.07) is 19.6. The van der Waals surface area contributed by atoms with E-state index in [2.05, 4.69) is 5.32 Å². The van der Waals surface area contributed by atoms with Gasteiger partial charge in [-0.05, 0) is 30.3 Å². The molecule has 1 amide bonds. The molecular weight excluding hydrogens is 386 g/mol. The van der Waals surface area contributed by atoms with E-state index in [-0.39, 0.29) is 11.3 Å². The van der Waals surface area contributed by atoms with Crippen LogP contribution >= 0.6 is 0 Å². The van der Waals surface area contributed by atoms with Gasteiger partial charge in [-0.15, -0.1) is 0 Å². The quantitative estimate of drug-likeness (QED) is 0.576. The summed E-state index contributed by atoms with van der Waals surface area (Å²) < 4.78 is 15.7. The molecule has 7 nitrogen and oxygen atoms in total. The third kappa shape index (κ3) is 4.88. The van der Waals surface area contributed by atoms with Crippen molar-refractivity contribution in [1.82, 2.24) is 0 Å². The molecule has 7 heteroatoms. The molecule has 0 bridgehead atoms. The summed E-state index contributed by atoms with van der Waals surface area (Å²) in [5.74, 6) is -0.744. The summed E-state index contributed by atoms with van der Waals surface area (Å²) >= 11 is 0. The molecule has 0 spiro atoms. The highest BCUT2D eigenvalue weighted by atomic mass is 16.5. The molecule has 0 heterocycles. The highest BCUT2D eigenvalue weighted by Gasteiger charge is 2.27. The van der Waals surface area contributed by atoms with Crippen LogP contribution in [0.4, 0.5) is 5.69 Å². The van der Waals surface area contributed by atoms with Crippen LogP contribution < -0.4 is 14.8 Å². The second-order valence-corrected chi connectivity index (χ2v) is 6.30. The molecule has 1 atom stereocenters. The van der Waals surface area contributed by atoms with Crippen molar-refractivity contribution in [2.75, 3.05) is 19.5 Å². The topological polar surface area (TPSA) is 94.1 Å². The summed E-state index contributed by atoms with van der Waals surface area (Å²) in [5.41, 5.74) is 0.860. The van der Waals surface area contributed by atoms with Crippen molar-refractivity contribution in [3.05, 3.63) is 83.9 Å². The van der Waals surface area contributed by atoms with Crippen molar-refractivity contribution in [3.8, 4) is 17.2 Å². The van der Waals surface area contributed by atoms with Gasteiger partial charge in [-0.3, -0.25) is 4.79 Å². The first-order chi connectivity index (χ1) is 14.5. The summed E-state index contributed by atoms with van der Waals surface area (Å²) in [6.45, 7) is 0. The third-order valence-electron chi connectivity index (χ3n) is 4.33. The maximum Gasteiger partial charge on any atom is 0.343 e. The molecule has 0 aliphatic heterocycles. The molecule has 2 N–H and O–H groups in total. The lowest BCUT2D eigenvalue weighted by atomic mass is 10.1. The van der Waals surface area contributed by atoms with Gasteiger partial charge in [0.1, 0.15) is 22.8 Å². The van der Waals surface area contributed by atoms with Crippen LogP contribution in [0.25, 0.3) is 0 Å². The zero-order valence-electron chi connectivity index (χ0n) is 16.5. The molecule has 3 rings (SSSR count). The number of phenols is 1. The number of ether oxygens (including phenoxy) is 3. The fraction of sp³-hybridized carbons (Fsp3) is 0.130. The molecule has 0 aromatic heterocycles. The van der Waals surface area contributed by atoms with E-state index in [0.29, 0.717) is 22.7 Å². The lowest BCUT2D eigenvalue weighted by molar-refractivity contribution is -0.125. The van der Waals surface area contributed by atoms with Gasteiger partial charge in [0.15, 0.2) is 0 Å². The van der Waals surface area contributed by atoms with E-state index in [1.165, 1.54) is 32.4 Å². The van der Waals surface area contributed by atoms with E-state index in [0.717, 1.165) is 0 Å². The van der Waals surface area contributed by atoms with Crippen LogP contribution in [-0.2, 0) is 9.53 Å². The minimum absolute atomic E-state index is 0.107. The van der Waals surface area contributed by atoms with Gasteiger partial charge in [0.2, 0.25) is 6.10 Å². The molecule has 0 aliphatic carbocycles. The van der Waals surface area contributed by atoms with E-state index in [4.69, 9.17) is 14.2 Å². The number of rotatable bonds is 7. The van der Waals surface area contributed by atoms with Crippen molar-refractivity contribution in [1.29, 1.82) is 0 Å². The maximum absolute atomic E-state index is 13.0. The van der Waals surface area contributed by atoms with Gasteiger partial charge in [-0.1, -0.05) is 36.4 Å². The number of methoxy groups -OCH3 is 2. The molecular formula is C23H21NO6. The molecule has 3 aromatic carbocycles. The van der Waals surface area contributed by atoms with E-state index < -0.39 is 18.0 Å². The largest absolute Gasteiger partial charge is 0.507 e. The second-order valence-electron chi connectivity index (χ2n) is 6.30. The monoisotopic (exact) mass is 407 g/mol. The van der Waals surface area contributed by atoms with E-state index in [1.54, 1.807) is 54.6 Å². The molecule has 0 saturated carbocycles. The van der Waals surface area contributed by atoms with Gasteiger partial charge in [-0.25, -0.2) is 4.79 Å². The van der Waals surface area contributed by atoms with Crippen molar-refractivity contribution < 1.29 is 28.9 Å². The molecule has 0 unspecified atom stereocenters. The first kappa shape index (κ1) is 20.7. The number of benzene rings is 3. The Morgan fingerprint density at radius 2 is 1.57 bits per heavy atom. The maximum atomic E-state index is 13.0. The lowest BCUT2D eigenvalue weighted by Gasteiger charge is -2.19. The summed E-state index contributed by atoms with van der Waals surface area (Å²) in [4.78, 5) is 25.7. The normalized spacial score (nSPS) is 11.3. The predicted molar refractivity (Wildman–Crippen MR) is 111 cm³/mol. The van der Waals surface area contributed by atoms with Crippen molar-refractivity contribution in [2.24, 2.45) is 0 Å². The Balaban J connectivity index is 1.88. The van der Waals surface area contributed by atoms with Crippen LogP contribution in [0.1, 0.15) is 22.0 Å². The minimum Gasteiger partial charge on any atom is -0.507 e. The Bertz CT molecular complexity index is 1030. The minimum atomic E-state index is -1.24. The highest BCUT2D eigenvalue weighted by molar-refractivity contribution is 5.99. The van der Waals surface area contributed by atoms with E-state index in [9.17, 15) is 14.7 Å². The van der Waals surface area contributed by atoms with E-state index >= 15 is 0 Å². The number of nitrogens with one attached hydrogen (secondary N) is 1. The lowest BCUT2D eigenvalue weighted by Crippen LogP contribution is -2.26. The first-order valence-electron chi connectivity index (χ1n) is 9.09. The number of amides is 1. The molecule has 0 radical (unpaired) electrons. The third-order valence-corrected chi connectivity index (χ3v) is 4.33. The van der Waals surface area contributed by atoms with Crippen molar-refractivity contribution >= 4 is 17.6 Å². The molecule has 3 aromatic rings. The fourth-order valence-corrected chi connectivity index (χ4v) is 2.79. The number of esters is 1. The van der Waals surface area contributed by atoms with Crippen molar-refractivity contribution in [2.45, 2.75) is 6.10 Å². The highest BCUT2D eigenvalue weighted by Crippen LogP contribution is 2.27. The standard InChI is InChI=1S/C23H21NO6/c1-28-17-10-6-9-16(13-17)24-22(26)21(15-7-4-3-5-8-15)30-23(27)19-14-18(29-2)11-12-20(19)25/h3-14,21,25H,1-2H3,(H,24,26)/t21-/m1/s1.